The van der Waals surface area contributed by atoms with E-state index < -0.39 is 0 Å². The Balaban J connectivity index is 1.28. The van der Waals surface area contributed by atoms with Gasteiger partial charge in [-0.25, -0.2) is 0 Å². The summed E-state index contributed by atoms with van der Waals surface area (Å²) in [6.45, 7) is 6.96. The highest BCUT2D eigenvalue weighted by atomic mass is 32.1. The van der Waals surface area contributed by atoms with Gasteiger partial charge in [0.2, 0.25) is 0 Å². The third-order valence-corrected chi connectivity index (χ3v) is 14.0. The van der Waals surface area contributed by atoms with Crippen molar-refractivity contribution >= 4 is 119 Å². The van der Waals surface area contributed by atoms with Crippen molar-refractivity contribution in [2.45, 2.75) is 33.7 Å². The smallest absolute Gasteiger partial charge is 0.0944 e. The number of nitriles is 2. The minimum absolute atomic E-state index is 0.737. The van der Waals surface area contributed by atoms with Crippen molar-refractivity contribution < 1.29 is 0 Å². The van der Waals surface area contributed by atoms with Crippen molar-refractivity contribution in [2.24, 2.45) is 0 Å². The van der Waals surface area contributed by atoms with Gasteiger partial charge in [0.1, 0.15) is 0 Å². The number of allylic oxidation sites excluding steroid dienone is 2. The van der Waals surface area contributed by atoms with E-state index in [0.717, 1.165) is 33.9 Å². The highest BCUT2D eigenvalue weighted by molar-refractivity contribution is 7.35. The first-order chi connectivity index (χ1) is 19.4. The molecule has 0 N–H and O–H groups in total. The molecule has 0 radical (unpaired) electrons. The Morgan fingerprint density at radius 1 is 0.650 bits per heavy atom. The summed E-state index contributed by atoms with van der Waals surface area (Å²) >= 11 is 11.0. The molecule has 7 aromatic heterocycles. The van der Waals surface area contributed by atoms with Crippen LogP contribution in [0.4, 0.5) is 0 Å². The van der Waals surface area contributed by atoms with Gasteiger partial charge >= 0.3 is 0 Å². The fourth-order valence-electron chi connectivity index (χ4n) is 4.91. The highest BCUT2D eigenvalue weighted by Crippen LogP contribution is 2.49. The van der Waals surface area contributed by atoms with Gasteiger partial charge in [-0.3, -0.25) is 0 Å². The Bertz CT molecular complexity index is 2010. The average Bonchev–Trinajstić information content (AvgIpc) is 3.74. The topological polar surface area (TPSA) is 52.5 Å². The standard InChI is InChI=1S/C31H21N3S6/c1-4-5-34-20-10-24(28-12-26-22(37-28)8-18(35-26)6-16(2)14-32)39-30(20)31-21(34)11-25(40-31)29-13-27-23(38-29)9-19(36-27)7-17(3)15-33/h6-13H,4-5H2,1-3H3/b16-6-,17-7-. The zero-order valence-corrected chi connectivity index (χ0v) is 26.7. The van der Waals surface area contributed by atoms with Crippen LogP contribution in [0.15, 0.2) is 47.5 Å². The lowest BCUT2D eigenvalue weighted by Crippen LogP contribution is -1.94. The van der Waals surface area contributed by atoms with Gasteiger partial charge in [-0.1, -0.05) is 6.92 Å². The molecule has 196 valence electrons. The van der Waals surface area contributed by atoms with Crippen LogP contribution in [0.2, 0.25) is 0 Å². The molecule has 7 rings (SSSR count). The molecule has 9 heteroatoms. The summed E-state index contributed by atoms with van der Waals surface area (Å²) in [6.07, 6.45) is 5.03. The molecule has 0 bridgehead atoms. The molecule has 0 atom stereocenters. The zero-order valence-electron chi connectivity index (χ0n) is 21.8. The summed E-state index contributed by atoms with van der Waals surface area (Å²) in [6, 6.07) is 18.3. The number of rotatable bonds is 6. The number of thiophene rings is 6. The molecule has 7 heterocycles. The third-order valence-electron chi connectivity index (χ3n) is 6.67. The molecule has 0 aromatic carbocycles. The summed E-state index contributed by atoms with van der Waals surface area (Å²) < 4.78 is 10.4. The Labute approximate surface area is 255 Å². The van der Waals surface area contributed by atoms with Gasteiger partial charge in [0.05, 0.1) is 32.6 Å². The third kappa shape index (κ3) is 4.38. The van der Waals surface area contributed by atoms with E-state index in [9.17, 15) is 0 Å². The van der Waals surface area contributed by atoms with Gasteiger partial charge in [-0.2, -0.15) is 10.5 Å². The lowest BCUT2D eigenvalue weighted by atomic mass is 10.3. The number of hydrogen-bond acceptors (Lipinski definition) is 8. The quantitative estimate of drug-likeness (QED) is 0.172. The van der Waals surface area contributed by atoms with Gasteiger partial charge in [0, 0.05) is 65.8 Å². The number of aromatic nitrogens is 1. The first-order valence-corrected chi connectivity index (χ1v) is 17.6. The maximum Gasteiger partial charge on any atom is 0.0944 e. The molecule has 3 nitrogen and oxygen atoms in total. The summed E-state index contributed by atoms with van der Waals surface area (Å²) in [7, 11) is 0. The molecule has 40 heavy (non-hydrogen) atoms. The van der Waals surface area contributed by atoms with Crippen LogP contribution >= 0.6 is 68.0 Å². The van der Waals surface area contributed by atoms with Crippen molar-refractivity contribution in [2.75, 3.05) is 0 Å². The molecule has 0 fully saturated rings. The van der Waals surface area contributed by atoms with Crippen molar-refractivity contribution in [1.82, 2.24) is 4.57 Å². The van der Waals surface area contributed by atoms with Crippen molar-refractivity contribution in [3.05, 3.63) is 57.3 Å². The maximum absolute atomic E-state index is 9.11. The second kappa shape index (κ2) is 10.1. The monoisotopic (exact) mass is 627 g/mol. The van der Waals surface area contributed by atoms with E-state index in [1.54, 1.807) is 22.7 Å². The van der Waals surface area contributed by atoms with Gasteiger partial charge in [0.15, 0.2) is 0 Å². The van der Waals surface area contributed by atoms with Crippen LogP contribution in [-0.4, -0.2) is 4.57 Å². The zero-order chi connectivity index (χ0) is 27.5. The van der Waals surface area contributed by atoms with Crippen molar-refractivity contribution in [3.8, 4) is 31.6 Å². The lowest BCUT2D eigenvalue weighted by molar-refractivity contribution is 0.725. The minimum atomic E-state index is 0.737. The molecule has 0 spiro atoms. The summed E-state index contributed by atoms with van der Waals surface area (Å²) in [5.41, 5.74) is 4.16. The molecule has 0 saturated carbocycles. The lowest BCUT2D eigenvalue weighted by Gasteiger charge is -2.02. The van der Waals surface area contributed by atoms with Gasteiger partial charge in [-0.15, -0.1) is 68.0 Å². The summed E-state index contributed by atoms with van der Waals surface area (Å²) in [5, 5.41) is 18.2. The molecule has 0 aliphatic rings. The van der Waals surface area contributed by atoms with Crippen LogP contribution in [0.5, 0.6) is 0 Å². The molecule has 7 aromatic rings. The van der Waals surface area contributed by atoms with Gasteiger partial charge in [0.25, 0.3) is 0 Å². The second-order valence-electron chi connectivity index (χ2n) is 9.66. The Hall–Kier alpha value is -3.02. The van der Waals surface area contributed by atoms with E-state index in [1.807, 2.05) is 71.3 Å². The number of aryl methyl sites for hydroxylation is 1. The first kappa shape index (κ1) is 25.9. The van der Waals surface area contributed by atoms with Crippen LogP contribution in [0, 0.1) is 22.7 Å². The second-order valence-corrected chi connectivity index (χ2v) is 16.2. The first-order valence-electron chi connectivity index (χ1n) is 12.7. The Morgan fingerprint density at radius 2 is 1.07 bits per heavy atom. The van der Waals surface area contributed by atoms with Crippen LogP contribution < -0.4 is 0 Å². The van der Waals surface area contributed by atoms with E-state index in [-0.39, 0.29) is 0 Å². The van der Waals surface area contributed by atoms with E-state index in [1.165, 1.54) is 58.7 Å². The van der Waals surface area contributed by atoms with Gasteiger partial charge in [-0.05, 0) is 68.8 Å². The van der Waals surface area contributed by atoms with Crippen LogP contribution in [0.25, 0.3) is 70.9 Å². The molecule has 0 amide bonds. The van der Waals surface area contributed by atoms with Gasteiger partial charge < -0.3 is 4.57 Å². The predicted octanol–water partition coefficient (Wildman–Crippen LogP) is 12.1. The SMILES string of the molecule is CCCn1c2cc(-c3cc4sc(/C=C(/C)C#N)cc4s3)sc2c2sc(-c3cc4sc(/C=C(/C)C#N)cc4s3)cc21. The number of fused-ring (bicyclic) bond motifs is 5. The maximum atomic E-state index is 9.11. The fourth-order valence-corrected chi connectivity index (χ4v) is 12.3. The fraction of sp³-hybridized carbons (Fsp3) is 0.161. The highest BCUT2D eigenvalue weighted by Gasteiger charge is 2.20. The molecule has 0 aliphatic carbocycles. The number of hydrogen-bond donors (Lipinski definition) is 0. The van der Waals surface area contributed by atoms with Crippen molar-refractivity contribution in [3.63, 3.8) is 0 Å². The Morgan fingerprint density at radius 3 is 1.48 bits per heavy atom. The molecule has 0 aliphatic heterocycles. The van der Waals surface area contributed by atoms with Crippen molar-refractivity contribution in [1.29, 1.82) is 10.5 Å². The van der Waals surface area contributed by atoms with E-state index in [4.69, 9.17) is 10.5 Å². The molecular weight excluding hydrogens is 607 g/mol. The average molecular weight is 628 g/mol. The van der Waals surface area contributed by atoms with E-state index >= 15 is 0 Å². The van der Waals surface area contributed by atoms with E-state index in [2.05, 4.69) is 60.0 Å². The van der Waals surface area contributed by atoms with Crippen LogP contribution in [-0.2, 0) is 6.54 Å². The van der Waals surface area contributed by atoms with Crippen LogP contribution in [0.1, 0.15) is 36.9 Å². The Kier molecular flexibility index (Phi) is 6.55. The largest absolute Gasteiger partial charge is 0.339 e. The normalized spacial score (nSPS) is 12.8. The van der Waals surface area contributed by atoms with E-state index in [0.29, 0.717) is 0 Å². The molecule has 0 unspecified atom stereocenters. The van der Waals surface area contributed by atoms with Crippen LogP contribution in [0.3, 0.4) is 0 Å². The summed E-state index contributed by atoms with van der Waals surface area (Å²) in [4.78, 5) is 7.58. The summed E-state index contributed by atoms with van der Waals surface area (Å²) in [5.74, 6) is 0. The minimum Gasteiger partial charge on any atom is -0.339 e. The molecular formula is C31H21N3S6. The molecule has 0 saturated heterocycles. The number of nitrogens with zero attached hydrogens (tertiary/aromatic N) is 3. The predicted molar refractivity (Wildman–Crippen MR) is 181 cm³/mol.